The van der Waals surface area contributed by atoms with Gasteiger partial charge in [0.25, 0.3) is 0 Å². The van der Waals surface area contributed by atoms with Gasteiger partial charge in [-0.1, -0.05) is 51.5 Å². The zero-order chi connectivity index (χ0) is 43.7. The molecule has 0 radical (unpaired) electrons. The first kappa shape index (κ1) is 48.8. The topological polar surface area (TPSA) is 271 Å². The molecule has 3 aliphatic heterocycles. The van der Waals surface area contributed by atoms with E-state index in [4.69, 9.17) is 23.7 Å². The van der Waals surface area contributed by atoms with Crippen LogP contribution in [0.15, 0.2) is 23.8 Å². The molecule has 10 unspecified atom stereocenters. The van der Waals surface area contributed by atoms with Gasteiger partial charge in [0.15, 0.2) is 12.6 Å². The van der Waals surface area contributed by atoms with Crippen LogP contribution < -0.4 is 29.6 Å². The molecule has 0 aromatic rings. The van der Waals surface area contributed by atoms with Crippen LogP contribution in [0.4, 0.5) is 0 Å². The number of fused-ring (bicyclic) bond motifs is 4. The maximum absolute atomic E-state index is 14.3. The molecular weight excluding hydrogens is 819 g/mol. The number of esters is 1. The van der Waals surface area contributed by atoms with E-state index in [2.05, 4.69) is 25.0 Å². The van der Waals surface area contributed by atoms with E-state index in [1.165, 1.54) is 6.92 Å². The number of rotatable bonds is 9. The van der Waals surface area contributed by atoms with Crippen LogP contribution in [0, 0.1) is 33.5 Å². The van der Waals surface area contributed by atoms with E-state index in [0.29, 0.717) is 32.1 Å². The van der Waals surface area contributed by atoms with Gasteiger partial charge in [-0.15, -0.1) is 0 Å². The molecule has 0 aromatic heterocycles. The summed E-state index contributed by atoms with van der Waals surface area (Å²) in [6.45, 7) is 14.1. The van der Waals surface area contributed by atoms with Crippen molar-refractivity contribution in [2.45, 2.75) is 185 Å². The van der Waals surface area contributed by atoms with Crippen LogP contribution in [0.2, 0.25) is 0 Å². The molecule has 60 heavy (non-hydrogen) atoms. The maximum atomic E-state index is 14.3. The summed E-state index contributed by atoms with van der Waals surface area (Å²) in [5.74, 6) is -0.840. The van der Waals surface area contributed by atoms with Crippen LogP contribution in [-0.2, 0) is 43.1 Å². The standard InChI is InChI=1S/C41H64O17S.Na/c1-20-27(43)29(45)30(46)32(54-20)56-31-28(44)23(58-59(50,51)52)19-53-33(31)55-26-12-15-37(6)22-18-25(42)41-34(47)57-39(8,14-9-13-35(2,3)48)40(41,49)17-16-38(41,7)21(22)10-11-24(37)36(26,4)5;/h9,13,18,20-21,23-33,42-46,48-49H,10-12,14-17,19H2,1-8H3,(H,50,51,52);/q;+1/p-1/b13-9+;/t20?,21?,23-,24?,25+,26?,27-,28?,29?,30?,31?,32+,33+,37?,38+,39+,40+,41?;/m1./s1. The van der Waals surface area contributed by atoms with Gasteiger partial charge in [0.1, 0.15) is 53.2 Å². The summed E-state index contributed by atoms with van der Waals surface area (Å²) in [6, 6.07) is 0. The zero-order valence-corrected chi connectivity index (χ0v) is 38.8. The van der Waals surface area contributed by atoms with Crippen molar-refractivity contribution >= 4 is 16.4 Å². The monoisotopic (exact) mass is 882 g/mol. The smallest absolute Gasteiger partial charge is 0.726 e. The summed E-state index contributed by atoms with van der Waals surface area (Å²) in [6.07, 6.45) is -7.66. The number of carbonyl (C=O) groups is 1. The van der Waals surface area contributed by atoms with Crippen LogP contribution in [0.5, 0.6) is 0 Å². The molecule has 3 saturated heterocycles. The molecule has 1 spiro atoms. The second kappa shape index (κ2) is 16.1. The van der Waals surface area contributed by atoms with Gasteiger partial charge in [0.05, 0.1) is 30.5 Å². The van der Waals surface area contributed by atoms with Crippen LogP contribution in [0.3, 0.4) is 0 Å². The summed E-state index contributed by atoms with van der Waals surface area (Å²) in [7, 11) is -5.30. The molecule has 7 aliphatic rings. The Bertz CT molecular complexity index is 1820. The largest absolute Gasteiger partial charge is 1.00 e. The summed E-state index contributed by atoms with van der Waals surface area (Å²) < 4.78 is 69.4. The predicted octanol–water partition coefficient (Wildman–Crippen LogP) is -2.15. The third-order valence-electron chi connectivity index (χ3n) is 15.9. The molecule has 0 bridgehead atoms. The van der Waals surface area contributed by atoms with Crippen LogP contribution in [-0.4, -0.2) is 146 Å². The maximum Gasteiger partial charge on any atom is 1.00 e. The quantitative estimate of drug-likeness (QED) is 0.0325. The fourth-order valence-electron chi connectivity index (χ4n) is 12.8. The molecule has 4 aliphatic carbocycles. The molecule has 0 aromatic carbocycles. The van der Waals surface area contributed by atoms with Crippen molar-refractivity contribution in [1.29, 1.82) is 0 Å². The molecule has 3 saturated carbocycles. The van der Waals surface area contributed by atoms with E-state index < -0.39 is 129 Å². The summed E-state index contributed by atoms with van der Waals surface area (Å²) in [4.78, 5) is 14.3. The van der Waals surface area contributed by atoms with Crippen molar-refractivity contribution in [2.75, 3.05) is 6.61 Å². The predicted molar refractivity (Wildman–Crippen MR) is 203 cm³/mol. The Balaban J connectivity index is 0.00000604. The average Bonchev–Trinajstić information content (AvgIpc) is 3.48. The van der Waals surface area contributed by atoms with Gasteiger partial charge in [-0.3, -0.25) is 8.98 Å². The Labute approximate surface area is 374 Å². The Morgan fingerprint density at radius 1 is 0.933 bits per heavy atom. The second-order valence-electron chi connectivity index (χ2n) is 20.1. The number of hydrogen-bond donors (Lipinski definition) is 7. The SMILES string of the molecule is CC1O[C@@H](OC2C(O)[C@H](OS(=O)(=O)[O-])CO[C@H]2OC2CCC3(C)C4=C[C@H](O)C56C(=O)O[C@@](C)(C/C=C/C(C)(C)O)[C@@]5(O)CC[C@@]6(C)C4CCC3C2(C)C)C(O)C(O)[C@@H]1O.[Na+]. The first-order valence-corrected chi connectivity index (χ1v) is 22.1. The molecule has 336 valence electrons. The summed E-state index contributed by atoms with van der Waals surface area (Å²) >= 11 is 0. The third-order valence-corrected chi connectivity index (χ3v) is 16.4. The molecule has 7 rings (SSSR count). The van der Waals surface area contributed by atoms with Crippen molar-refractivity contribution in [3.05, 3.63) is 23.8 Å². The minimum atomic E-state index is -5.30. The van der Waals surface area contributed by atoms with Crippen molar-refractivity contribution in [3.63, 3.8) is 0 Å². The summed E-state index contributed by atoms with van der Waals surface area (Å²) in [5, 5.41) is 78.1. The molecular formula is C41H63NaO17S. The number of aliphatic hydroxyl groups is 7. The second-order valence-corrected chi connectivity index (χ2v) is 21.1. The fourth-order valence-corrected chi connectivity index (χ4v) is 13.3. The minimum absolute atomic E-state index is 0. The van der Waals surface area contributed by atoms with Crippen molar-refractivity contribution in [3.8, 4) is 0 Å². The molecule has 18 atom stereocenters. The average molecular weight is 883 g/mol. The Morgan fingerprint density at radius 2 is 1.60 bits per heavy atom. The molecule has 19 heteroatoms. The van der Waals surface area contributed by atoms with E-state index in [1.54, 1.807) is 39.0 Å². The van der Waals surface area contributed by atoms with E-state index in [9.17, 15) is 53.5 Å². The van der Waals surface area contributed by atoms with Crippen molar-refractivity contribution in [2.24, 2.45) is 33.5 Å². The number of allylic oxidation sites excluding steroid dienone is 1. The number of aliphatic hydroxyl groups excluding tert-OH is 5. The van der Waals surface area contributed by atoms with Gasteiger partial charge in [0.2, 0.25) is 10.4 Å². The Hall–Kier alpha value is -0.620. The first-order valence-electron chi connectivity index (χ1n) is 20.8. The normalized spacial score (nSPS) is 50.2. The Morgan fingerprint density at radius 3 is 2.23 bits per heavy atom. The zero-order valence-electron chi connectivity index (χ0n) is 36.0. The van der Waals surface area contributed by atoms with Gasteiger partial charge in [-0.2, -0.15) is 0 Å². The van der Waals surface area contributed by atoms with Crippen molar-refractivity contribution in [1.82, 2.24) is 0 Å². The van der Waals surface area contributed by atoms with Crippen LogP contribution in [0.1, 0.15) is 100 Å². The van der Waals surface area contributed by atoms with Gasteiger partial charge < -0.3 is 64.0 Å². The fraction of sp³-hybridized carbons (Fsp3) is 0.878. The van der Waals surface area contributed by atoms with Gasteiger partial charge in [-0.05, 0) is 94.3 Å². The van der Waals surface area contributed by atoms with E-state index in [0.717, 1.165) is 5.57 Å². The third kappa shape index (κ3) is 7.36. The minimum Gasteiger partial charge on any atom is -0.726 e. The van der Waals surface area contributed by atoms with Crippen molar-refractivity contribution < 1.29 is 111 Å². The molecule has 0 amide bonds. The van der Waals surface area contributed by atoms with Gasteiger partial charge in [-0.25, -0.2) is 8.42 Å². The molecule has 7 N–H and O–H groups in total. The molecule has 17 nitrogen and oxygen atoms in total. The number of hydrogen-bond acceptors (Lipinski definition) is 17. The van der Waals surface area contributed by atoms with E-state index in [-0.39, 0.29) is 54.2 Å². The van der Waals surface area contributed by atoms with Crippen LogP contribution in [0.25, 0.3) is 0 Å². The van der Waals surface area contributed by atoms with Gasteiger partial charge >= 0.3 is 35.5 Å². The van der Waals surface area contributed by atoms with E-state index in [1.807, 2.05) is 6.92 Å². The first-order chi connectivity index (χ1) is 27.1. The number of ether oxygens (including phenoxy) is 5. The summed E-state index contributed by atoms with van der Waals surface area (Å²) in [5.41, 5.74) is -6.71. The number of carbonyl (C=O) groups excluding carboxylic acids is 1. The van der Waals surface area contributed by atoms with E-state index >= 15 is 0 Å². The number of cyclic esters (lactones) is 1. The Kier molecular flexibility index (Phi) is 13.1. The molecule has 6 fully saturated rings. The van der Waals surface area contributed by atoms with Crippen LogP contribution >= 0.6 is 0 Å². The molecule has 3 heterocycles. The van der Waals surface area contributed by atoms with Gasteiger partial charge in [0, 0.05) is 6.42 Å².